The van der Waals surface area contributed by atoms with E-state index in [9.17, 15) is 9.90 Å². The first kappa shape index (κ1) is 20.8. The maximum absolute atomic E-state index is 12.1. The fourth-order valence-corrected chi connectivity index (χ4v) is 2.56. The van der Waals surface area contributed by atoms with Gasteiger partial charge in [0.2, 0.25) is 0 Å². The highest BCUT2D eigenvalue weighted by Gasteiger charge is 2.21. The summed E-state index contributed by atoms with van der Waals surface area (Å²) < 4.78 is 5.60. The third-order valence-corrected chi connectivity index (χ3v) is 4.30. The second kappa shape index (κ2) is 10.6. The molecule has 5 heteroatoms. The summed E-state index contributed by atoms with van der Waals surface area (Å²) >= 11 is 0. The van der Waals surface area contributed by atoms with Gasteiger partial charge in [-0.3, -0.25) is 0 Å². The van der Waals surface area contributed by atoms with Crippen LogP contribution in [0.2, 0.25) is 0 Å². The molecule has 0 radical (unpaired) electrons. The standard InChI is InChI=1S/C22H30N2O3/c1-3-4-16-27-20-12-10-19(11-13-20)24-21(25)23-17-22(2,26)15-14-18-8-6-5-7-9-18/h5-13,26H,3-4,14-17H2,1-2H3,(H2,23,24,25)/t22-/m1/s1. The Kier molecular flexibility index (Phi) is 8.14. The van der Waals surface area contributed by atoms with Crippen molar-refractivity contribution in [2.75, 3.05) is 18.5 Å². The maximum atomic E-state index is 12.1. The number of hydrogen-bond donors (Lipinski definition) is 3. The Hall–Kier alpha value is -2.53. The molecule has 0 aliphatic heterocycles. The summed E-state index contributed by atoms with van der Waals surface area (Å²) in [5.41, 5.74) is 0.882. The van der Waals surface area contributed by atoms with Gasteiger partial charge >= 0.3 is 6.03 Å². The minimum atomic E-state index is -0.968. The van der Waals surface area contributed by atoms with Crippen molar-refractivity contribution in [2.45, 2.75) is 45.1 Å². The molecule has 27 heavy (non-hydrogen) atoms. The zero-order valence-electron chi connectivity index (χ0n) is 16.2. The predicted octanol–water partition coefficient (Wildman–Crippen LogP) is 4.37. The Morgan fingerprint density at radius 3 is 2.48 bits per heavy atom. The van der Waals surface area contributed by atoms with E-state index in [2.05, 4.69) is 17.6 Å². The second-order valence-corrected chi connectivity index (χ2v) is 7.02. The number of nitrogens with one attached hydrogen (secondary N) is 2. The van der Waals surface area contributed by atoms with E-state index in [1.807, 2.05) is 42.5 Å². The maximum Gasteiger partial charge on any atom is 0.319 e. The van der Waals surface area contributed by atoms with E-state index in [1.54, 1.807) is 19.1 Å². The molecule has 3 N–H and O–H groups in total. The molecule has 146 valence electrons. The number of aliphatic hydroxyl groups is 1. The van der Waals surface area contributed by atoms with Crippen LogP contribution in [0.4, 0.5) is 10.5 Å². The number of rotatable bonds is 10. The molecule has 1 atom stereocenters. The van der Waals surface area contributed by atoms with Crippen LogP contribution >= 0.6 is 0 Å². The molecule has 0 aromatic heterocycles. The Balaban J connectivity index is 1.72. The molecule has 0 bridgehead atoms. The van der Waals surface area contributed by atoms with E-state index < -0.39 is 5.60 Å². The monoisotopic (exact) mass is 370 g/mol. The molecule has 5 nitrogen and oxygen atoms in total. The van der Waals surface area contributed by atoms with Crippen LogP contribution in [0.15, 0.2) is 54.6 Å². The first-order valence-electron chi connectivity index (χ1n) is 9.52. The van der Waals surface area contributed by atoms with Crippen molar-refractivity contribution in [3.8, 4) is 5.75 Å². The fraction of sp³-hybridized carbons (Fsp3) is 0.409. The van der Waals surface area contributed by atoms with Crippen LogP contribution in [0.25, 0.3) is 0 Å². The van der Waals surface area contributed by atoms with Gasteiger partial charge in [-0.2, -0.15) is 0 Å². The Labute approximate surface area is 161 Å². The number of urea groups is 1. The van der Waals surface area contributed by atoms with E-state index in [0.29, 0.717) is 18.7 Å². The number of benzene rings is 2. The first-order chi connectivity index (χ1) is 13.0. The zero-order chi connectivity index (χ0) is 19.5. The van der Waals surface area contributed by atoms with Crippen LogP contribution in [0, 0.1) is 0 Å². The molecule has 2 rings (SSSR count). The fourth-order valence-electron chi connectivity index (χ4n) is 2.56. The number of unbranched alkanes of at least 4 members (excludes halogenated alkanes) is 1. The predicted molar refractivity (Wildman–Crippen MR) is 109 cm³/mol. The van der Waals surface area contributed by atoms with Crippen LogP contribution in [-0.4, -0.2) is 29.9 Å². The van der Waals surface area contributed by atoms with Gasteiger partial charge in [0.15, 0.2) is 0 Å². The molecule has 0 aliphatic rings. The molecule has 0 heterocycles. The van der Waals surface area contributed by atoms with Gasteiger partial charge < -0.3 is 20.5 Å². The van der Waals surface area contributed by atoms with Gasteiger partial charge in [0, 0.05) is 12.2 Å². The number of ether oxygens (including phenoxy) is 1. The van der Waals surface area contributed by atoms with Gasteiger partial charge in [0.25, 0.3) is 0 Å². The van der Waals surface area contributed by atoms with E-state index in [4.69, 9.17) is 4.74 Å². The minimum absolute atomic E-state index is 0.184. The highest BCUT2D eigenvalue weighted by Crippen LogP contribution is 2.16. The summed E-state index contributed by atoms with van der Waals surface area (Å²) in [7, 11) is 0. The zero-order valence-corrected chi connectivity index (χ0v) is 16.2. The van der Waals surface area contributed by atoms with Gasteiger partial charge in [0.05, 0.1) is 12.2 Å². The van der Waals surface area contributed by atoms with Gasteiger partial charge in [-0.15, -0.1) is 0 Å². The molecule has 0 aliphatic carbocycles. The summed E-state index contributed by atoms with van der Waals surface area (Å²) in [4.78, 5) is 12.1. The summed E-state index contributed by atoms with van der Waals surface area (Å²) in [5.74, 6) is 0.790. The van der Waals surface area contributed by atoms with E-state index in [0.717, 1.165) is 25.0 Å². The third kappa shape index (κ3) is 8.13. The van der Waals surface area contributed by atoms with Gasteiger partial charge in [0.1, 0.15) is 5.75 Å². The summed E-state index contributed by atoms with van der Waals surface area (Å²) in [6.07, 6.45) is 3.44. The largest absolute Gasteiger partial charge is 0.494 e. The van der Waals surface area contributed by atoms with Crippen LogP contribution in [0.3, 0.4) is 0 Å². The number of carbonyl (C=O) groups is 1. The summed E-state index contributed by atoms with van der Waals surface area (Å²) in [6.45, 7) is 4.73. The molecular weight excluding hydrogens is 340 g/mol. The average molecular weight is 370 g/mol. The van der Waals surface area contributed by atoms with Crippen molar-refractivity contribution in [3.05, 3.63) is 60.2 Å². The lowest BCUT2D eigenvalue weighted by molar-refractivity contribution is 0.0539. The lowest BCUT2D eigenvalue weighted by Crippen LogP contribution is -2.42. The third-order valence-electron chi connectivity index (χ3n) is 4.30. The molecule has 0 spiro atoms. The van der Waals surface area contributed by atoms with Crippen molar-refractivity contribution in [3.63, 3.8) is 0 Å². The van der Waals surface area contributed by atoms with Gasteiger partial charge in [-0.25, -0.2) is 4.79 Å². The molecule has 2 amide bonds. The van der Waals surface area contributed by atoms with E-state index >= 15 is 0 Å². The number of amides is 2. The average Bonchev–Trinajstić information content (AvgIpc) is 2.67. The van der Waals surface area contributed by atoms with Gasteiger partial charge in [-0.05, 0) is 56.0 Å². The van der Waals surface area contributed by atoms with E-state index in [-0.39, 0.29) is 12.6 Å². The van der Waals surface area contributed by atoms with Gasteiger partial charge in [-0.1, -0.05) is 43.7 Å². The SMILES string of the molecule is CCCCOc1ccc(NC(=O)NC[C@](C)(O)CCc2ccccc2)cc1. The molecular formula is C22H30N2O3. The number of carbonyl (C=O) groups excluding carboxylic acids is 1. The first-order valence-corrected chi connectivity index (χ1v) is 9.52. The van der Waals surface area contributed by atoms with Crippen molar-refractivity contribution >= 4 is 11.7 Å². The summed E-state index contributed by atoms with van der Waals surface area (Å²) in [5, 5.41) is 16.0. The van der Waals surface area contributed by atoms with Crippen molar-refractivity contribution in [1.82, 2.24) is 5.32 Å². The Bertz CT molecular complexity index is 684. The van der Waals surface area contributed by atoms with Crippen LogP contribution < -0.4 is 15.4 Å². The molecule has 0 fully saturated rings. The Morgan fingerprint density at radius 2 is 1.81 bits per heavy atom. The van der Waals surface area contributed by atoms with Crippen molar-refractivity contribution < 1.29 is 14.6 Å². The molecule has 0 unspecified atom stereocenters. The van der Waals surface area contributed by atoms with E-state index in [1.165, 1.54) is 5.56 Å². The lowest BCUT2D eigenvalue weighted by Gasteiger charge is -2.23. The Morgan fingerprint density at radius 1 is 1.11 bits per heavy atom. The second-order valence-electron chi connectivity index (χ2n) is 7.02. The molecule has 2 aromatic carbocycles. The number of anilines is 1. The quantitative estimate of drug-likeness (QED) is 0.544. The van der Waals surface area contributed by atoms with Crippen molar-refractivity contribution in [2.24, 2.45) is 0 Å². The van der Waals surface area contributed by atoms with Crippen LogP contribution in [-0.2, 0) is 6.42 Å². The number of hydrogen-bond acceptors (Lipinski definition) is 3. The van der Waals surface area contributed by atoms with Crippen LogP contribution in [0.5, 0.6) is 5.75 Å². The van der Waals surface area contributed by atoms with Crippen LogP contribution in [0.1, 0.15) is 38.7 Å². The molecule has 2 aromatic rings. The topological polar surface area (TPSA) is 70.6 Å². The van der Waals surface area contributed by atoms with Crippen molar-refractivity contribution in [1.29, 1.82) is 0 Å². The molecule has 0 saturated heterocycles. The number of aryl methyl sites for hydroxylation is 1. The minimum Gasteiger partial charge on any atom is -0.494 e. The normalized spacial score (nSPS) is 12.9. The highest BCUT2D eigenvalue weighted by molar-refractivity contribution is 5.89. The smallest absolute Gasteiger partial charge is 0.319 e. The molecule has 0 saturated carbocycles. The highest BCUT2D eigenvalue weighted by atomic mass is 16.5. The summed E-state index contributed by atoms with van der Waals surface area (Å²) in [6, 6.07) is 16.9. The lowest BCUT2D eigenvalue weighted by atomic mass is 9.97.